The largest absolute Gasteiger partial charge is 0.393 e. The smallest absolute Gasteiger partial charge is 0.271 e. The van der Waals surface area contributed by atoms with Crippen LogP contribution in [-0.4, -0.2) is 40.5 Å². The number of halogens is 1. The first-order chi connectivity index (χ1) is 8.81. The molecule has 1 unspecified atom stereocenters. The summed E-state index contributed by atoms with van der Waals surface area (Å²) in [4.78, 5) is 23.7. The van der Waals surface area contributed by atoms with Crippen LogP contribution >= 0.6 is 15.9 Å². The lowest BCUT2D eigenvalue weighted by atomic mass is 10.1. The van der Waals surface area contributed by atoms with E-state index in [4.69, 9.17) is 0 Å². The fourth-order valence-corrected chi connectivity index (χ4v) is 1.99. The van der Waals surface area contributed by atoms with Crippen LogP contribution in [0.25, 0.3) is 0 Å². The molecule has 0 aliphatic rings. The fourth-order valence-electron chi connectivity index (χ4n) is 1.51. The summed E-state index contributed by atoms with van der Waals surface area (Å²) >= 11 is 3.15. The van der Waals surface area contributed by atoms with Crippen molar-refractivity contribution in [1.82, 2.24) is 4.90 Å². The molecular weight excluding hydrogens is 316 g/mol. The van der Waals surface area contributed by atoms with Crippen molar-refractivity contribution >= 4 is 27.5 Å². The van der Waals surface area contributed by atoms with E-state index in [-0.39, 0.29) is 17.2 Å². The van der Waals surface area contributed by atoms with Gasteiger partial charge in [-0.1, -0.05) is 15.9 Å². The summed E-state index contributed by atoms with van der Waals surface area (Å²) in [5.74, 6) is -0.315. The zero-order chi connectivity index (χ0) is 14.6. The summed E-state index contributed by atoms with van der Waals surface area (Å²) < 4.78 is 0.481. The van der Waals surface area contributed by atoms with Crippen LogP contribution < -0.4 is 0 Å². The lowest BCUT2D eigenvalue weighted by molar-refractivity contribution is -0.385. The molecule has 0 aliphatic heterocycles. The highest BCUT2D eigenvalue weighted by Crippen LogP contribution is 2.22. The standard InChI is InChI=1S/C12H15BrN2O4/c1-8(16)3-4-14(2)12(17)9-5-10(13)7-11(6-9)15(18)19/h5-8,16H,3-4H2,1-2H3. The van der Waals surface area contributed by atoms with Gasteiger partial charge in [-0.25, -0.2) is 0 Å². The van der Waals surface area contributed by atoms with E-state index in [9.17, 15) is 20.0 Å². The number of hydrogen-bond acceptors (Lipinski definition) is 4. The van der Waals surface area contributed by atoms with Crippen molar-refractivity contribution in [3.05, 3.63) is 38.3 Å². The second-order valence-electron chi connectivity index (χ2n) is 4.32. The molecule has 1 N–H and O–H groups in total. The maximum Gasteiger partial charge on any atom is 0.271 e. The van der Waals surface area contributed by atoms with Crippen molar-refractivity contribution in [2.45, 2.75) is 19.4 Å². The fraction of sp³-hybridized carbons (Fsp3) is 0.417. The van der Waals surface area contributed by atoms with Gasteiger partial charge in [0.1, 0.15) is 0 Å². The van der Waals surface area contributed by atoms with Crippen molar-refractivity contribution < 1.29 is 14.8 Å². The number of carbonyl (C=O) groups is 1. The maximum atomic E-state index is 12.1. The highest BCUT2D eigenvalue weighted by molar-refractivity contribution is 9.10. The predicted molar refractivity (Wildman–Crippen MR) is 74.1 cm³/mol. The third-order valence-corrected chi connectivity index (χ3v) is 3.03. The number of carbonyl (C=O) groups excluding carboxylic acids is 1. The molecule has 1 amide bonds. The van der Waals surface area contributed by atoms with Crippen molar-refractivity contribution in [1.29, 1.82) is 0 Å². The van der Waals surface area contributed by atoms with E-state index < -0.39 is 11.0 Å². The number of hydrogen-bond donors (Lipinski definition) is 1. The van der Waals surface area contributed by atoms with E-state index in [1.54, 1.807) is 14.0 Å². The molecule has 1 aromatic rings. The van der Waals surface area contributed by atoms with E-state index in [1.165, 1.54) is 23.1 Å². The number of nitro groups is 1. The molecule has 104 valence electrons. The number of nitrogens with zero attached hydrogens (tertiary/aromatic N) is 2. The predicted octanol–water partition coefficient (Wildman–Crippen LogP) is 2.20. The van der Waals surface area contributed by atoms with Crippen LogP contribution in [0, 0.1) is 10.1 Å². The molecular formula is C12H15BrN2O4. The molecule has 0 radical (unpaired) electrons. The Bertz CT molecular complexity index is 491. The van der Waals surface area contributed by atoms with Gasteiger partial charge in [0.2, 0.25) is 0 Å². The summed E-state index contributed by atoms with van der Waals surface area (Å²) in [5, 5.41) is 19.9. The SMILES string of the molecule is CC(O)CCN(C)C(=O)c1cc(Br)cc([N+](=O)[O-])c1. The number of benzene rings is 1. The highest BCUT2D eigenvalue weighted by atomic mass is 79.9. The Hall–Kier alpha value is -1.47. The molecule has 0 heterocycles. The summed E-state index contributed by atoms with van der Waals surface area (Å²) in [6, 6.07) is 4.12. The Morgan fingerprint density at radius 3 is 2.68 bits per heavy atom. The van der Waals surface area contributed by atoms with Gasteiger partial charge >= 0.3 is 0 Å². The van der Waals surface area contributed by atoms with Crippen LogP contribution in [0.4, 0.5) is 5.69 Å². The molecule has 19 heavy (non-hydrogen) atoms. The van der Waals surface area contributed by atoms with Gasteiger partial charge in [-0.2, -0.15) is 0 Å². The van der Waals surface area contributed by atoms with Gasteiger partial charge < -0.3 is 10.0 Å². The summed E-state index contributed by atoms with van der Waals surface area (Å²) in [7, 11) is 1.59. The molecule has 0 saturated carbocycles. The molecule has 0 bridgehead atoms. The molecule has 0 aromatic heterocycles. The lowest BCUT2D eigenvalue weighted by Gasteiger charge is -2.18. The summed E-state index contributed by atoms with van der Waals surface area (Å²) in [5.41, 5.74) is 0.107. The second-order valence-corrected chi connectivity index (χ2v) is 5.24. The molecule has 1 rings (SSSR count). The molecule has 0 aliphatic carbocycles. The zero-order valence-electron chi connectivity index (χ0n) is 10.7. The van der Waals surface area contributed by atoms with E-state index >= 15 is 0 Å². The average molecular weight is 331 g/mol. The number of aliphatic hydroxyl groups excluding tert-OH is 1. The van der Waals surface area contributed by atoms with Gasteiger partial charge in [0, 0.05) is 35.8 Å². The molecule has 6 nitrogen and oxygen atoms in total. The first-order valence-electron chi connectivity index (χ1n) is 5.69. The monoisotopic (exact) mass is 330 g/mol. The van der Waals surface area contributed by atoms with Crippen molar-refractivity contribution in [2.75, 3.05) is 13.6 Å². The van der Waals surface area contributed by atoms with Gasteiger partial charge in [0.25, 0.3) is 11.6 Å². The van der Waals surface area contributed by atoms with Crippen molar-refractivity contribution in [3.8, 4) is 0 Å². The molecule has 1 atom stereocenters. The Morgan fingerprint density at radius 2 is 2.16 bits per heavy atom. The number of rotatable bonds is 5. The molecule has 1 aromatic carbocycles. The normalized spacial score (nSPS) is 12.0. The summed E-state index contributed by atoms with van der Waals surface area (Å²) in [6.45, 7) is 2.03. The zero-order valence-corrected chi connectivity index (χ0v) is 12.3. The second kappa shape index (κ2) is 6.63. The first-order valence-corrected chi connectivity index (χ1v) is 6.49. The third kappa shape index (κ3) is 4.60. The van der Waals surface area contributed by atoms with Gasteiger partial charge in [-0.15, -0.1) is 0 Å². The average Bonchev–Trinajstić information content (AvgIpc) is 2.34. The van der Waals surface area contributed by atoms with Crippen LogP contribution in [0.5, 0.6) is 0 Å². The number of aliphatic hydroxyl groups is 1. The minimum atomic E-state index is -0.544. The first kappa shape index (κ1) is 15.6. The minimum Gasteiger partial charge on any atom is -0.393 e. The van der Waals surface area contributed by atoms with Crippen LogP contribution in [-0.2, 0) is 0 Å². The molecule has 0 saturated heterocycles. The van der Waals surface area contributed by atoms with Crippen LogP contribution in [0.1, 0.15) is 23.7 Å². The molecule has 0 spiro atoms. The van der Waals surface area contributed by atoms with E-state index in [0.717, 1.165) is 0 Å². The Balaban J connectivity index is 2.90. The Labute approximate surface area is 119 Å². The number of amides is 1. The quantitative estimate of drug-likeness (QED) is 0.662. The van der Waals surface area contributed by atoms with Gasteiger partial charge in [0.15, 0.2) is 0 Å². The van der Waals surface area contributed by atoms with Gasteiger partial charge in [0.05, 0.1) is 11.0 Å². The Morgan fingerprint density at radius 1 is 1.53 bits per heavy atom. The van der Waals surface area contributed by atoms with E-state index in [2.05, 4.69) is 15.9 Å². The van der Waals surface area contributed by atoms with Crippen LogP contribution in [0.15, 0.2) is 22.7 Å². The van der Waals surface area contributed by atoms with Crippen LogP contribution in [0.3, 0.4) is 0 Å². The molecule has 0 fully saturated rings. The minimum absolute atomic E-state index is 0.137. The van der Waals surface area contributed by atoms with Crippen LogP contribution in [0.2, 0.25) is 0 Å². The highest BCUT2D eigenvalue weighted by Gasteiger charge is 2.17. The Kier molecular flexibility index (Phi) is 5.44. The van der Waals surface area contributed by atoms with Gasteiger partial charge in [-0.05, 0) is 19.4 Å². The lowest BCUT2D eigenvalue weighted by Crippen LogP contribution is -2.29. The van der Waals surface area contributed by atoms with E-state index in [1.807, 2.05) is 0 Å². The molecule has 7 heteroatoms. The topological polar surface area (TPSA) is 83.7 Å². The maximum absolute atomic E-state index is 12.1. The summed E-state index contributed by atoms with van der Waals surface area (Å²) in [6.07, 6.45) is -0.0367. The number of nitro benzene ring substituents is 1. The van der Waals surface area contributed by atoms with E-state index in [0.29, 0.717) is 17.4 Å². The third-order valence-electron chi connectivity index (χ3n) is 2.57. The number of non-ortho nitro benzene ring substituents is 1. The van der Waals surface area contributed by atoms with Gasteiger partial charge in [-0.3, -0.25) is 14.9 Å². The van der Waals surface area contributed by atoms with Crippen molar-refractivity contribution in [3.63, 3.8) is 0 Å². The van der Waals surface area contributed by atoms with Crippen molar-refractivity contribution in [2.24, 2.45) is 0 Å².